The maximum Gasteiger partial charge on any atom is 0.341 e. The van der Waals surface area contributed by atoms with Crippen LogP contribution < -0.4 is 10.1 Å². The van der Waals surface area contributed by atoms with Crippen LogP contribution in [0.2, 0.25) is 0 Å². The first-order valence-electron chi connectivity index (χ1n) is 10.1. The lowest BCUT2D eigenvalue weighted by molar-refractivity contribution is -0.124. The van der Waals surface area contributed by atoms with Crippen molar-refractivity contribution >= 4 is 27.7 Å². The first-order valence-corrected chi connectivity index (χ1v) is 11.5. The van der Waals surface area contributed by atoms with Crippen molar-refractivity contribution in [3.05, 3.63) is 59.2 Å². The molecule has 9 nitrogen and oxygen atoms in total. The van der Waals surface area contributed by atoms with E-state index in [1.54, 1.807) is 41.3 Å². The number of methoxy groups -OCH3 is 2. The van der Waals surface area contributed by atoms with Crippen LogP contribution in [-0.4, -0.2) is 57.8 Å². The summed E-state index contributed by atoms with van der Waals surface area (Å²) in [5, 5.41) is 2.88. The van der Waals surface area contributed by atoms with Gasteiger partial charge < -0.3 is 19.7 Å². The van der Waals surface area contributed by atoms with Gasteiger partial charge >= 0.3 is 5.97 Å². The number of benzene rings is 2. The Morgan fingerprint density at radius 1 is 1.19 bits per heavy atom. The molecule has 0 bridgehead atoms. The maximum atomic E-state index is 13.0. The zero-order valence-electron chi connectivity index (χ0n) is 17.7. The zero-order valence-corrected chi connectivity index (χ0v) is 18.5. The van der Waals surface area contributed by atoms with Crippen LogP contribution in [0, 0.1) is 0 Å². The summed E-state index contributed by atoms with van der Waals surface area (Å²) in [6.07, 6.45) is 1.33. The summed E-state index contributed by atoms with van der Waals surface area (Å²) < 4.78 is 38.7. The fourth-order valence-corrected chi connectivity index (χ4v) is 5.25. The number of carbonyl (C=O) groups excluding carboxylic acids is 2. The van der Waals surface area contributed by atoms with Crippen molar-refractivity contribution in [1.29, 1.82) is 0 Å². The van der Waals surface area contributed by atoms with Gasteiger partial charge in [-0.1, -0.05) is 18.2 Å². The molecule has 0 aromatic heterocycles. The first kappa shape index (κ1) is 21.8. The number of nitrogens with zero attached hydrogens (tertiary/aromatic N) is 2. The minimum Gasteiger partial charge on any atom is -0.496 e. The molecule has 2 aliphatic rings. The number of amidine groups is 1. The van der Waals surface area contributed by atoms with Crippen LogP contribution in [0.4, 0.5) is 0 Å². The summed E-state index contributed by atoms with van der Waals surface area (Å²) in [5.41, 5.74) is 1.49. The van der Waals surface area contributed by atoms with Gasteiger partial charge in [0.2, 0.25) is 5.91 Å². The molecule has 0 radical (unpaired) electrons. The second kappa shape index (κ2) is 8.62. The third-order valence-corrected chi connectivity index (χ3v) is 6.90. The monoisotopic (exact) mass is 457 g/mol. The smallest absolute Gasteiger partial charge is 0.341 e. The molecular formula is C22H23N3O6S. The third-order valence-electron chi connectivity index (χ3n) is 5.58. The van der Waals surface area contributed by atoms with Gasteiger partial charge in [-0.3, -0.25) is 4.79 Å². The zero-order chi connectivity index (χ0) is 22.9. The molecule has 2 heterocycles. The molecule has 4 rings (SSSR count). The van der Waals surface area contributed by atoms with Crippen LogP contribution in [0.5, 0.6) is 5.75 Å². The number of rotatable bonds is 5. The number of hydrogen-bond donors (Lipinski definition) is 1. The maximum absolute atomic E-state index is 13.0. The molecule has 1 saturated heterocycles. The molecule has 10 heteroatoms. The van der Waals surface area contributed by atoms with E-state index >= 15 is 0 Å². The average Bonchev–Trinajstić information content (AvgIpc) is 3.39. The molecular weight excluding hydrogens is 434 g/mol. The van der Waals surface area contributed by atoms with Crippen LogP contribution in [0.3, 0.4) is 0 Å². The van der Waals surface area contributed by atoms with Crippen LogP contribution in [0.1, 0.15) is 34.3 Å². The van der Waals surface area contributed by atoms with E-state index in [1.165, 1.54) is 20.3 Å². The molecule has 2 aromatic carbocycles. The Balaban J connectivity index is 1.51. The molecule has 0 spiro atoms. The highest BCUT2D eigenvalue weighted by Crippen LogP contribution is 2.31. The molecule has 0 saturated carbocycles. The van der Waals surface area contributed by atoms with Gasteiger partial charge in [-0.2, -0.15) is 8.42 Å². The van der Waals surface area contributed by atoms with E-state index in [0.717, 1.165) is 6.42 Å². The largest absolute Gasteiger partial charge is 0.496 e. The van der Waals surface area contributed by atoms with Crippen LogP contribution in [0.25, 0.3) is 0 Å². The highest BCUT2D eigenvalue weighted by Gasteiger charge is 2.39. The summed E-state index contributed by atoms with van der Waals surface area (Å²) in [5.74, 6) is -0.0674. The quantitative estimate of drug-likeness (QED) is 0.680. The molecule has 1 fully saturated rings. The predicted molar refractivity (Wildman–Crippen MR) is 116 cm³/mol. The van der Waals surface area contributed by atoms with Crippen molar-refractivity contribution in [2.24, 2.45) is 4.40 Å². The van der Waals surface area contributed by atoms with Crippen molar-refractivity contribution in [2.75, 3.05) is 20.8 Å². The van der Waals surface area contributed by atoms with E-state index < -0.39 is 22.0 Å². The number of sulfonamides is 1. The number of esters is 1. The van der Waals surface area contributed by atoms with Gasteiger partial charge in [0.1, 0.15) is 22.3 Å². The number of amides is 1. The first-order chi connectivity index (χ1) is 15.4. The molecule has 2 aliphatic heterocycles. The Hall–Kier alpha value is -3.40. The Bertz CT molecular complexity index is 1210. The SMILES string of the molecule is COC(=O)c1cc(CNC(=O)[C@@H]2CCCN2C2=NS(=O)(=O)c3ccccc32)ccc1OC. The normalized spacial score (nSPS) is 18.6. The number of nitrogens with one attached hydrogen (secondary N) is 1. The second-order valence-electron chi connectivity index (χ2n) is 7.48. The van der Waals surface area contributed by atoms with Crippen LogP contribution in [-0.2, 0) is 26.1 Å². The van der Waals surface area contributed by atoms with Gasteiger partial charge in [-0.05, 0) is 42.7 Å². The van der Waals surface area contributed by atoms with Gasteiger partial charge in [-0.15, -0.1) is 4.40 Å². The topological polar surface area (TPSA) is 114 Å². The Kier molecular flexibility index (Phi) is 5.88. The van der Waals surface area contributed by atoms with E-state index in [-0.39, 0.29) is 22.9 Å². The summed E-state index contributed by atoms with van der Waals surface area (Å²) in [6, 6.07) is 11.1. The Labute approximate surface area is 186 Å². The van der Waals surface area contributed by atoms with Gasteiger partial charge in [0.05, 0.1) is 14.2 Å². The van der Waals surface area contributed by atoms with Gasteiger partial charge in [0, 0.05) is 18.7 Å². The van der Waals surface area contributed by atoms with E-state index in [9.17, 15) is 18.0 Å². The van der Waals surface area contributed by atoms with Gasteiger partial charge in [-0.25, -0.2) is 4.79 Å². The van der Waals surface area contributed by atoms with E-state index in [2.05, 4.69) is 9.71 Å². The number of ether oxygens (including phenoxy) is 2. The Morgan fingerprint density at radius 3 is 2.72 bits per heavy atom. The molecule has 2 aromatic rings. The van der Waals surface area contributed by atoms with Crippen molar-refractivity contribution in [2.45, 2.75) is 30.3 Å². The van der Waals surface area contributed by atoms with Crippen molar-refractivity contribution in [3.63, 3.8) is 0 Å². The van der Waals surface area contributed by atoms with Crippen LogP contribution in [0.15, 0.2) is 51.8 Å². The minimum atomic E-state index is -3.76. The fourth-order valence-electron chi connectivity index (χ4n) is 4.03. The Morgan fingerprint density at radius 2 is 1.97 bits per heavy atom. The summed E-state index contributed by atoms with van der Waals surface area (Å²) >= 11 is 0. The molecule has 1 amide bonds. The fraction of sp³-hybridized carbons (Fsp3) is 0.318. The highest BCUT2D eigenvalue weighted by molar-refractivity contribution is 7.90. The number of likely N-dealkylation sites (tertiary alicyclic amines) is 1. The lowest BCUT2D eigenvalue weighted by Gasteiger charge is -2.25. The lowest BCUT2D eigenvalue weighted by atomic mass is 10.1. The molecule has 168 valence electrons. The molecule has 32 heavy (non-hydrogen) atoms. The molecule has 0 aliphatic carbocycles. The van der Waals surface area contributed by atoms with E-state index in [0.29, 0.717) is 35.7 Å². The van der Waals surface area contributed by atoms with Crippen molar-refractivity contribution in [1.82, 2.24) is 10.2 Å². The standard InChI is InChI=1S/C22H23N3O6S/c1-30-18-10-9-14(12-16(18)22(27)31-2)13-23-21(26)17-7-5-11-25(17)20-15-6-3-4-8-19(15)32(28,29)24-20/h3-4,6,8-10,12,17H,5,7,11,13H2,1-2H3,(H,23,26)/t17-/m0/s1. The van der Waals surface area contributed by atoms with Crippen LogP contribution >= 0.6 is 0 Å². The summed E-state index contributed by atoms with van der Waals surface area (Å²) in [7, 11) is -1.01. The van der Waals surface area contributed by atoms with E-state index in [1.807, 2.05) is 0 Å². The summed E-state index contributed by atoms with van der Waals surface area (Å²) in [4.78, 5) is 26.9. The second-order valence-corrected chi connectivity index (χ2v) is 9.05. The highest BCUT2D eigenvalue weighted by atomic mass is 32.2. The number of hydrogen-bond acceptors (Lipinski definition) is 7. The van der Waals surface area contributed by atoms with Gasteiger partial charge in [0.25, 0.3) is 10.0 Å². The van der Waals surface area contributed by atoms with Gasteiger partial charge in [0.15, 0.2) is 5.84 Å². The molecule has 1 atom stereocenters. The predicted octanol–water partition coefficient (Wildman–Crippen LogP) is 1.71. The van der Waals surface area contributed by atoms with Crippen molar-refractivity contribution < 1.29 is 27.5 Å². The number of fused-ring (bicyclic) bond motifs is 1. The number of carbonyl (C=O) groups is 2. The third kappa shape index (κ3) is 3.93. The minimum absolute atomic E-state index is 0.162. The van der Waals surface area contributed by atoms with E-state index in [4.69, 9.17) is 9.47 Å². The average molecular weight is 458 g/mol. The molecule has 0 unspecified atom stereocenters. The molecule has 1 N–H and O–H groups in total. The van der Waals surface area contributed by atoms with Crippen molar-refractivity contribution in [3.8, 4) is 5.75 Å². The lowest BCUT2D eigenvalue weighted by Crippen LogP contribution is -2.45. The summed E-state index contributed by atoms with van der Waals surface area (Å²) in [6.45, 7) is 0.730.